The molecule has 0 aliphatic carbocycles. The molecule has 0 aliphatic heterocycles. The van der Waals surface area contributed by atoms with Gasteiger partial charge in [0.15, 0.2) is 15.6 Å². The molecular formula is C25H24N2O7S2. The number of fused-ring (bicyclic) bond motifs is 2. The maximum Gasteiger partial charge on any atom is 0.397 e. The summed E-state index contributed by atoms with van der Waals surface area (Å²) in [6.45, 7) is 4.80. The van der Waals surface area contributed by atoms with Gasteiger partial charge in [-0.15, -0.1) is 5.11 Å². The summed E-state index contributed by atoms with van der Waals surface area (Å²) in [7, 11) is -8.73. The van der Waals surface area contributed by atoms with Gasteiger partial charge in [0.1, 0.15) is 5.69 Å². The molecule has 0 fully saturated rings. The Morgan fingerprint density at radius 1 is 0.806 bits per heavy atom. The van der Waals surface area contributed by atoms with Crippen molar-refractivity contribution in [3.8, 4) is 5.75 Å². The van der Waals surface area contributed by atoms with Crippen LogP contribution in [0, 0.1) is 20.8 Å². The zero-order chi connectivity index (χ0) is 26.3. The van der Waals surface area contributed by atoms with Gasteiger partial charge in [-0.1, -0.05) is 35.9 Å². The maximum atomic E-state index is 13.0. The number of nitrogens with zero attached hydrogens (tertiary/aromatic N) is 2. The smallest absolute Gasteiger partial charge is 0.397 e. The molecule has 4 aromatic carbocycles. The van der Waals surface area contributed by atoms with E-state index in [0.29, 0.717) is 33.1 Å². The number of rotatable bonds is 7. The number of aromatic hydroxyl groups is 1. The van der Waals surface area contributed by atoms with Gasteiger partial charge in [-0.2, -0.15) is 13.5 Å². The number of sulfone groups is 1. The summed E-state index contributed by atoms with van der Waals surface area (Å²) in [5.74, 6) is -0.645. The molecule has 9 nitrogen and oxygen atoms in total. The average molecular weight is 529 g/mol. The highest BCUT2D eigenvalue weighted by atomic mass is 32.3. The lowest BCUT2D eigenvalue weighted by Crippen LogP contribution is -2.16. The second-order valence-corrected chi connectivity index (χ2v) is 11.7. The van der Waals surface area contributed by atoms with E-state index in [9.17, 15) is 21.9 Å². The standard InChI is InChI=1S/C25H24N2O7S2/c1-15-4-7-21-19(10-15)13-17(3)24(25(21)28)27-26-20-6-5-18-11-16(2)12-23(22(18)14-20)35(29,30)9-8-34-36(31,32)33/h4-7,10-14,28H,8-9H2,1-3H3,(H,31,32,33). The predicted octanol–water partition coefficient (Wildman–Crippen LogP) is 5.63. The molecule has 188 valence electrons. The molecule has 0 atom stereocenters. The van der Waals surface area contributed by atoms with Crippen LogP contribution < -0.4 is 0 Å². The third kappa shape index (κ3) is 5.54. The van der Waals surface area contributed by atoms with Crippen LogP contribution in [0.1, 0.15) is 16.7 Å². The first-order valence-electron chi connectivity index (χ1n) is 10.9. The van der Waals surface area contributed by atoms with Gasteiger partial charge in [0.2, 0.25) is 0 Å². The normalized spacial score (nSPS) is 12.7. The molecule has 0 aromatic heterocycles. The van der Waals surface area contributed by atoms with Crippen molar-refractivity contribution in [3.05, 3.63) is 71.3 Å². The van der Waals surface area contributed by atoms with Gasteiger partial charge in [0.25, 0.3) is 0 Å². The van der Waals surface area contributed by atoms with Gasteiger partial charge in [-0.3, -0.25) is 4.55 Å². The van der Waals surface area contributed by atoms with E-state index < -0.39 is 32.6 Å². The number of aryl methyl sites for hydroxylation is 3. The first-order chi connectivity index (χ1) is 16.8. The lowest BCUT2D eigenvalue weighted by Gasteiger charge is -2.11. The van der Waals surface area contributed by atoms with Crippen LogP contribution in [-0.2, 0) is 24.4 Å². The van der Waals surface area contributed by atoms with E-state index in [0.717, 1.165) is 16.5 Å². The summed E-state index contributed by atoms with van der Waals surface area (Å²) in [6.07, 6.45) is 0. The van der Waals surface area contributed by atoms with Crippen molar-refractivity contribution >= 4 is 53.2 Å². The summed E-state index contributed by atoms with van der Waals surface area (Å²) in [5.41, 5.74) is 3.16. The van der Waals surface area contributed by atoms with Crippen molar-refractivity contribution in [1.29, 1.82) is 0 Å². The highest BCUT2D eigenvalue weighted by Gasteiger charge is 2.20. The molecule has 11 heteroatoms. The molecule has 0 amide bonds. The molecule has 0 spiro atoms. The van der Waals surface area contributed by atoms with Gasteiger partial charge in [-0.25, -0.2) is 12.6 Å². The molecule has 0 radical (unpaired) electrons. The SMILES string of the molecule is Cc1cc(S(=O)(=O)CCOS(=O)(=O)O)c2cc(N=Nc3c(C)cc4cc(C)ccc4c3O)ccc2c1. The van der Waals surface area contributed by atoms with E-state index in [1.165, 1.54) is 6.07 Å². The summed E-state index contributed by atoms with van der Waals surface area (Å²) >= 11 is 0. The number of hydrogen-bond donors (Lipinski definition) is 2. The lowest BCUT2D eigenvalue weighted by atomic mass is 10.0. The minimum Gasteiger partial charge on any atom is -0.505 e. The van der Waals surface area contributed by atoms with Crippen LogP contribution >= 0.6 is 0 Å². The molecule has 36 heavy (non-hydrogen) atoms. The molecule has 0 aliphatic rings. The molecule has 0 bridgehead atoms. The Labute approximate surface area is 208 Å². The van der Waals surface area contributed by atoms with Crippen molar-refractivity contribution in [3.63, 3.8) is 0 Å². The van der Waals surface area contributed by atoms with Crippen LogP contribution in [0.2, 0.25) is 0 Å². The number of phenols is 1. The fourth-order valence-corrected chi connectivity index (χ4v) is 5.80. The van der Waals surface area contributed by atoms with Crippen LogP contribution in [-0.4, -0.2) is 38.9 Å². The van der Waals surface area contributed by atoms with Crippen molar-refractivity contribution < 1.29 is 30.7 Å². The Kier molecular flexibility index (Phi) is 6.84. The molecule has 4 aromatic rings. The fraction of sp³-hybridized carbons (Fsp3) is 0.200. The van der Waals surface area contributed by atoms with E-state index in [-0.39, 0.29) is 10.6 Å². The summed E-state index contributed by atoms with van der Waals surface area (Å²) in [4.78, 5) is -0.0198. The van der Waals surface area contributed by atoms with Gasteiger partial charge < -0.3 is 5.11 Å². The van der Waals surface area contributed by atoms with Crippen LogP contribution in [0.3, 0.4) is 0 Å². The Morgan fingerprint density at radius 2 is 1.53 bits per heavy atom. The monoisotopic (exact) mass is 528 g/mol. The summed E-state index contributed by atoms with van der Waals surface area (Å²) < 4.78 is 60.4. The second kappa shape index (κ2) is 9.58. The maximum absolute atomic E-state index is 13.0. The topological polar surface area (TPSA) is 143 Å². The van der Waals surface area contributed by atoms with E-state index in [2.05, 4.69) is 14.4 Å². The number of benzene rings is 4. The molecule has 0 saturated carbocycles. The van der Waals surface area contributed by atoms with E-state index in [1.54, 1.807) is 25.1 Å². The number of hydrogen-bond acceptors (Lipinski definition) is 8. The second-order valence-electron chi connectivity index (χ2n) is 8.55. The molecule has 0 heterocycles. The zero-order valence-electron chi connectivity index (χ0n) is 19.8. The van der Waals surface area contributed by atoms with Gasteiger partial charge in [-0.05, 0) is 66.9 Å². The third-order valence-electron chi connectivity index (χ3n) is 5.66. The molecule has 4 rings (SSSR count). The molecular weight excluding hydrogens is 504 g/mol. The van der Waals surface area contributed by atoms with Crippen molar-refractivity contribution in [2.75, 3.05) is 12.4 Å². The number of azo groups is 1. The van der Waals surface area contributed by atoms with Crippen LogP contribution in [0.25, 0.3) is 21.5 Å². The molecule has 0 unspecified atom stereocenters. The van der Waals surface area contributed by atoms with Gasteiger partial charge in [0.05, 0.1) is 22.9 Å². The third-order valence-corrected chi connectivity index (χ3v) is 7.84. The Hall–Kier alpha value is -3.38. The van der Waals surface area contributed by atoms with E-state index in [4.69, 9.17) is 4.55 Å². The van der Waals surface area contributed by atoms with Crippen molar-refractivity contribution in [2.24, 2.45) is 10.2 Å². The highest BCUT2D eigenvalue weighted by Crippen LogP contribution is 2.39. The Bertz CT molecular complexity index is 1750. The average Bonchev–Trinajstić information content (AvgIpc) is 2.77. The van der Waals surface area contributed by atoms with Crippen molar-refractivity contribution in [2.45, 2.75) is 25.7 Å². The molecule has 2 N–H and O–H groups in total. The Morgan fingerprint density at radius 3 is 2.25 bits per heavy atom. The van der Waals surface area contributed by atoms with Crippen LogP contribution in [0.15, 0.2) is 69.7 Å². The van der Waals surface area contributed by atoms with E-state index >= 15 is 0 Å². The van der Waals surface area contributed by atoms with Crippen molar-refractivity contribution in [1.82, 2.24) is 0 Å². The molecule has 0 saturated heterocycles. The summed E-state index contributed by atoms with van der Waals surface area (Å²) in [5, 5.41) is 21.8. The largest absolute Gasteiger partial charge is 0.505 e. The lowest BCUT2D eigenvalue weighted by molar-refractivity contribution is 0.284. The van der Waals surface area contributed by atoms with Gasteiger partial charge >= 0.3 is 10.4 Å². The minimum absolute atomic E-state index is 0.00673. The first kappa shape index (κ1) is 25.7. The van der Waals surface area contributed by atoms with Gasteiger partial charge in [0, 0.05) is 10.8 Å². The fourth-order valence-electron chi connectivity index (χ4n) is 4.00. The van der Waals surface area contributed by atoms with Crippen LogP contribution in [0.4, 0.5) is 11.4 Å². The zero-order valence-corrected chi connectivity index (χ0v) is 21.4. The van der Waals surface area contributed by atoms with E-state index in [1.807, 2.05) is 44.2 Å². The summed E-state index contributed by atoms with van der Waals surface area (Å²) in [6, 6.07) is 15.8. The first-order valence-corrected chi connectivity index (χ1v) is 13.9. The van der Waals surface area contributed by atoms with Crippen LogP contribution in [0.5, 0.6) is 5.75 Å². The highest BCUT2D eigenvalue weighted by molar-refractivity contribution is 7.91. The quantitative estimate of drug-likeness (QED) is 0.234. The number of phenolic OH excluding ortho intramolecular Hbond substituents is 1. The Balaban J connectivity index is 1.74. The predicted molar refractivity (Wildman–Crippen MR) is 138 cm³/mol. The minimum atomic E-state index is -4.76.